The number of aromatic nitrogens is 1. The normalized spacial score (nSPS) is 18.1. The van der Waals surface area contributed by atoms with Crippen molar-refractivity contribution in [2.24, 2.45) is 5.16 Å². The molecule has 4 N–H and O–H groups in total. The SMILES string of the molecule is C=CC1=C(C(=O)O)N2C(=O)C(NC(=O)C(=NOC(c3ccccc3)(c3ccccc3)c3ccccc3)c3csc(N)n3)C2SC1. The molecule has 0 saturated carbocycles. The Morgan fingerprint density at radius 1 is 1.02 bits per heavy atom. The summed E-state index contributed by atoms with van der Waals surface area (Å²) in [6, 6.07) is 27.6. The number of anilines is 1. The molecule has 2 aliphatic rings. The fourth-order valence-corrected chi connectivity index (χ4v) is 7.29. The number of nitrogen functional groups attached to an aromatic ring is 1. The molecule has 0 bridgehead atoms. The van der Waals surface area contributed by atoms with E-state index in [1.807, 2.05) is 91.0 Å². The number of carbonyl (C=O) groups is 3. The molecule has 4 aromatic rings. The highest BCUT2D eigenvalue weighted by Crippen LogP contribution is 2.42. The molecule has 1 saturated heterocycles. The Morgan fingerprint density at radius 3 is 2.04 bits per heavy atom. The molecule has 12 heteroatoms. The number of fused-ring (bicyclic) bond motifs is 1. The van der Waals surface area contributed by atoms with Crippen molar-refractivity contribution in [3.05, 3.63) is 143 Å². The highest BCUT2D eigenvalue weighted by molar-refractivity contribution is 8.00. The van der Waals surface area contributed by atoms with E-state index >= 15 is 0 Å². The minimum Gasteiger partial charge on any atom is -0.477 e. The van der Waals surface area contributed by atoms with Gasteiger partial charge < -0.3 is 21.0 Å². The molecule has 226 valence electrons. The van der Waals surface area contributed by atoms with Gasteiger partial charge in [0.25, 0.3) is 11.8 Å². The molecule has 3 heterocycles. The zero-order chi connectivity index (χ0) is 31.6. The third-order valence-corrected chi connectivity index (χ3v) is 9.50. The maximum Gasteiger partial charge on any atom is 0.352 e. The summed E-state index contributed by atoms with van der Waals surface area (Å²) >= 11 is 2.46. The van der Waals surface area contributed by atoms with Gasteiger partial charge in [0.1, 0.15) is 22.8 Å². The summed E-state index contributed by atoms with van der Waals surface area (Å²) in [7, 11) is 0. The van der Waals surface area contributed by atoms with Gasteiger partial charge in [-0.25, -0.2) is 9.78 Å². The van der Waals surface area contributed by atoms with Gasteiger partial charge in [-0.3, -0.25) is 14.5 Å². The summed E-state index contributed by atoms with van der Waals surface area (Å²) in [6.45, 7) is 3.67. The number of β-lactam (4-membered cyclic amide) rings is 1. The van der Waals surface area contributed by atoms with Crippen molar-refractivity contribution in [1.82, 2.24) is 15.2 Å². The van der Waals surface area contributed by atoms with Crippen LogP contribution in [0.25, 0.3) is 0 Å². The van der Waals surface area contributed by atoms with Crippen LogP contribution < -0.4 is 11.1 Å². The highest BCUT2D eigenvalue weighted by Gasteiger charge is 2.54. The van der Waals surface area contributed by atoms with Crippen molar-refractivity contribution < 1.29 is 24.3 Å². The van der Waals surface area contributed by atoms with E-state index in [-0.39, 0.29) is 22.2 Å². The molecule has 1 aromatic heterocycles. The number of amides is 2. The average Bonchev–Trinajstić information content (AvgIpc) is 3.51. The van der Waals surface area contributed by atoms with Gasteiger partial charge in [0.15, 0.2) is 10.8 Å². The van der Waals surface area contributed by atoms with Crippen LogP contribution >= 0.6 is 23.1 Å². The molecule has 2 amide bonds. The number of benzene rings is 3. The Hall–Kier alpha value is -5.20. The van der Waals surface area contributed by atoms with Crippen molar-refractivity contribution in [3.8, 4) is 0 Å². The molecule has 3 aromatic carbocycles. The van der Waals surface area contributed by atoms with E-state index in [0.717, 1.165) is 28.0 Å². The molecule has 0 aliphatic carbocycles. The monoisotopic (exact) mass is 637 g/mol. The number of hydrogen-bond acceptors (Lipinski definition) is 9. The number of hydrogen-bond donors (Lipinski definition) is 3. The van der Waals surface area contributed by atoms with Crippen LogP contribution in [0.5, 0.6) is 0 Å². The predicted molar refractivity (Wildman–Crippen MR) is 173 cm³/mol. The van der Waals surface area contributed by atoms with Gasteiger partial charge in [0.05, 0.1) is 0 Å². The predicted octanol–water partition coefficient (Wildman–Crippen LogP) is 4.36. The van der Waals surface area contributed by atoms with E-state index in [2.05, 4.69) is 22.0 Å². The number of carbonyl (C=O) groups excluding carboxylic acids is 2. The van der Waals surface area contributed by atoms with Crippen LogP contribution in [0.15, 0.2) is 125 Å². The summed E-state index contributed by atoms with van der Waals surface area (Å²) in [4.78, 5) is 51.1. The summed E-state index contributed by atoms with van der Waals surface area (Å²) in [5.74, 6) is -2.19. The molecule has 0 spiro atoms. The molecular weight excluding hydrogens is 611 g/mol. The number of carboxylic acid groups (broad SMARTS) is 1. The van der Waals surface area contributed by atoms with Gasteiger partial charge in [0, 0.05) is 27.8 Å². The van der Waals surface area contributed by atoms with Crippen LogP contribution in [0.4, 0.5) is 5.13 Å². The second kappa shape index (κ2) is 12.4. The number of allylic oxidation sites excluding steroid dienone is 1. The minimum atomic E-state index is -1.28. The van der Waals surface area contributed by atoms with Crippen molar-refractivity contribution in [1.29, 1.82) is 0 Å². The average molecular weight is 638 g/mol. The standard InChI is InChI=1S/C33H27N5O5S2/c1-2-20-18-44-30-26(29(40)38(30)27(20)31(41)42)36-28(39)25(24-19-45-32(34)35-24)37-43-33(21-12-6-3-7-13-21,22-14-8-4-9-15-22)23-16-10-5-11-17-23/h2-17,19,26,30H,1,18H2,(H2,34,35)(H,36,39)(H,41,42). The first kappa shape index (κ1) is 29.9. The number of nitrogens with zero attached hydrogens (tertiary/aromatic N) is 3. The van der Waals surface area contributed by atoms with E-state index in [1.54, 1.807) is 5.38 Å². The fraction of sp³-hybridized carbons (Fsp3) is 0.121. The fourth-order valence-electron chi connectivity index (χ4n) is 5.40. The first-order valence-electron chi connectivity index (χ1n) is 13.8. The topological polar surface area (TPSA) is 147 Å². The maximum absolute atomic E-state index is 13.9. The Labute approximate surface area is 266 Å². The second-order valence-corrected chi connectivity index (χ2v) is 12.1. The van der Waals surface area contributed by atoms with Crippen molar-refractivity contribution in [2.75, 3.05) is 11.5 Å². The molecule has 6 rings (SSSR count). The Bertz CT molecular complexity index is 1730. The quantitative estimate of drug-likeness (QED) is 0.101. The number of nitrogens with two attached hydrogens (primary N) is 1. The van der Waals surface area contributed by atoms with Gasteiger partial charge in [-0.15, -0.1) is 23.1 Å². The molecule has 2 aliphatic heterocycles. The van der Waals surface area contributed by atoms with Crippen molar-refractivity contribution >= 4 is 51.7 Å². The van der Waals surface area contributed by atoms with Crippen LogP contribution in [-0.2, 0) is 24.8 Å². The second-order valence-electron chi connectivity index (χ2n) is 10.1. The third-order valence-electron chi connectivity index (χ3n) is 7.53. The lowest BCUT2D eigenvalue weighted by molar-refractivity contribution is -0.150. The lowest BCUT2D eigenvalue weighted by atomic mass is 9.80. The van der Waals surface area contributed by atoms with Gasteiger partial charge in [-0.2, -0.15) is 0 Å². The van der Waals surface area contributed by atoms with E-state index in [9.17, 15) is 19.5 Å². The van der Waals surface area contributed by atoms with Crippen LogP contribution in [0.1, 0.15) is 22.4 Å². The lowest BCUT2D eigenvalue weighted by Crippen LogP contribution is -2.71. The first-order valence-corrected chi connectivity index (χ1v) is 15.8. The van der Waals surface area contributed by atoms with E-state index < -0.39 is 34.8 Å². The minimum absolute atomic E-state index is 0.132. The molecular formula is C33H27N5O5S2. The van der Waals surface area contributed by atoms with Crippen LogP contribution in [0.2, 0.25) is 0 Å². The van der Waals surface area contributed by atoms with Crippen molar-refractivity contribution in [3.63, 3.8) is 0 Å². The Morgan fingerprint density at radius 2 is 1.58 bits per heavy atom. The van der Waals surface area contributed by atoms with E-state index in [0.29, 0.717) is 11.3 Å². The highest BCUT2D eigenvalue weighted by atomic mass is 32.2. The molecule has 1 fully saturated rings. The van der Waals surface area contributed by atoms with Crippen LogP contribution in [0, 0.1) is 0 Å². The van der Waals surface area contributed by atoms with Gasteiger partial charge in [-0.1, -0.05) is 109 Å². The molecule has 2 atom stereocenters. The van der Waals surface area contributed by atoms with Gasteiger partial charge in [0.2, 0.25) is 5.60 Å². The largest absolute Gasteiger partial charge is 0.477 e. The number of carboxylic acids is 1. The smallest absolute Gasteiger partial charge is 0.352 e. The summed E-state index contributed by atoms with van der Waals surface area (Å²) in [5.41, 5.74) is 7.23. The number of thiazole rings is 1. The maximum atomic E-state index is 13.9. The summed E-state index contributed by atoms with van der Waals surface area (Å²) in [6.07, 6.45) is 1.43. The van der Waals surface area contributed by atoms with E-state index in [4.69, 9.17) is 10.6 Å². The van der Waals surface area contributed by atoms with Gasteiger partial charge in [-0.05, 0) is 5.57 Å². The number of aliphatic carboxylic acids is 1. The van der Waals surface area contributed by atoms with Crippen molar-refractivity contribution in [2.45, 2.75) is 17.0 Å². The molecule has 0 radical (unpaired) electrons. The van der Waals surface area contributed by atoms with Crippen LogP contribution in [0.3, 0.4) is 0 Å². The van der Waals surface area contributed by atoms with E-state index in [1.165, 1.54) is 22.7 Å². The number of oxime groups is 1. The first-order chi connectivity index (χ1) is 21.8. The molecule has 45 heavy (non-hydrogen) atoms. The lowest BCUT2D eigenvalue weighted by Gasteiger charge is -2.49. The number of nitrogens with one attached hydrogen (secondary N) is 1. The molecule has 10 nitrogen and oxygen atoms in total. The summed E-state index contributed by atoms with van der Waals surface area (Å²) in [5, 5.41) is 18.2. The third kappa shape index (κ3) is 5.38. The Balaban J connectivity index is 1.40. The molecule has 2 unspecified atom stereocenters. The zero-order valence-electron chi connectivity index (χ0n) is 23.7. The Kier molecular flexibility index (Phi) is 8.24. The number of thioether (sulfide) groups is 1. The van der Waals surface area contributed by atoms with Crippen LogP contribution in [-0.4, -0.2) is 55.7 Å². The zero-order valence-corrected chi connectivity index (χ0v) is 25.3. The summed E-state index contributed by atoms with van der Waals surface area (Å²) < 4.78 is 0. The van der Waals surface area contributed by atoms with Gasteiger partial charge >= 0.3 is 5.97 Å². The number of rotatable bonds is 10.